The van der Waals surface area contributed by atoms with Gasteiger partial charge in [-0.25, -0.2) is 4.79 Å². The molecule has 0 saturated carbocycles. The molecule has 6 nitrogen and oxygen atoms in total. The van der Waals surface area contributed by atoms with Crippen molar-refractivity contribution in [1.29, 1.82) is 0 Å². The first-order valence-electron chi connectivity index (χ1n) is 4.42. The summed E-state index contributed by atoms with van der Waals surface area (Å²) >= 11 is 0. The Kier molecular flexibility index (Phi) is 4.21. The topological polar surface area (TPSA) is 84.7 Å². The summed E-state index contributed by atoms with van der Waals surface area (Å²) in [5, 5.41) is 18.9. The Hall–Kier alpha value is -1.98. The second kappa shape index (κ2) is 5.69. The van der Waals surface area contributed by atoms with Crippen LogP contribution in [0.4, 0.5) is 0 Å². The van der Waals surface area contributed by atoms with Gasteiger partial charge in [-0.15, -0.1) is 0 Å². The van der Waals surface area contributed by atoms with Crippen molar-refractivity contribution in [3.8, 4) is 0 Å². The first-order chi connectivity index (χ1) is 7.27. The van der Waals surface area contributed by atoms with Gasteiger partial charge in [0.2, 0.25) is 0 Å². The van der Waals surface area contributed by atoms with Crippen molar-refractivity contribution in [2.45, 2.75) is 13.3 Å². The van der Waals surface area contributed by atoms with E-state index in [4.69, 9.17) is 5.21 Å². The summed E-state index contributed by atoms with van der Waals surface area (Å²) in [5.74, 6) is -0.648. The summed E-state index contributed by atoms with van der Waals surface area (Å²) < 4.78 is 4.69. The van der Waals surface area contributed by atoms with Gasteiger partial charge in [0.25, 0.3) is 0 Å². The maximum absolute atomic E-state index is 11.2. The SMILES string of the molecule is CCOC(=O)C(Cc1cccnn1)=NO. The largest absolute Gasteiger partial charge is 0.461 e. The average Bonchev–Trinajstić information content (AvgIpc) is 2.27. The number of hydrogen-bond donors (Lipinski definition) is 1. The van der Waals surface area contributed by atoms with E-state index in [1.165, 1.54) is 6.20 Å². The molecule has 1 heterocycles. The van der Waals surface area contributed by atoms with Gasteiger partial charge in [0.05, 0.1) is 12.3 Å². The highest BCUT2D eigenvalue weighted by Crippen LogP contribution is 1.97. The molecule has 0 aliphatic rings. The molecule has 1 rings (SSSR count). The maximum atomic E-state index is 11.2. The van der Waals surface area contributed by atoms with E-state index in [0.29, 0.717) is 5.69 Å². The van der Waals surface area contributed by atoms with Crippen molar-refractivity contribution in [2.75, 3.05) is 6.61 Å². The number of aromatic nitrogens is 2. The predicted molar refractivity (Wildman–Crippen MR) is 51.6 cm³/mol. The summed E-state index contributed by atoms with van der Waals surface area (Å²) in [6.07, 6.45) is 1.62. The van der Waals surface area contributed by atoms with E-state index < -0.39 is 5.97 Å². The number of nitrogens with zero attached hydrogens (tertiary/aromatic N) is 3. The number of esters is 1. The summed E-state index contributed by atoms with van der Waals surface area (Å²) in [4.78, 5) is 11.2. The van der Waals surface area contributed by atoms with Crippen molar-refractivity contribution in [2.24, 2.45) is 5.16 Å². The Balaban J connectivity index is 2.67. The average molecular weight is 209 g/mol. The number of rotatable bonds is 4. The van der Waals surface area contributed by atoms with E-state index in [1.54, 1.807) is 19.1 Å². The summed E-state index contributed by atoms with van der Waals surface area (Å²) in [6, 6.07) is 3.36. The molecule has 0 aromatic carbocycles. The van der Waals surface area contributed by atoms with E-state index in [-0.39, 0.29) is 18.7 Å². The fourth-order valence-corrected chi connectivity index (χ4v) is 0.962. The number of ether oxygens (including phenoxy) is 1. The molecule has 0 saturated heterocycles. The van der Waals surface area contributed by atoms with Crippen molar-refractivity contribution in [3.05, 3.63) is 24.0 Å². The third-order valence-corrected chi connectivity index (χ3v) is 1.61. The van der Waals surface area contributed by atoms with Crippen LogP contribution in [-0.2, 0) is 16.0 Å². The molecule has 80 valence electrons. The molecular formula is C9H11N3O3. The zero-order valence-electron chi connectivity index (χ0n) is 8.25. The molecule has 0 bridgehead atoms. The van der Waals surface area contributed by atoms with Gasteiger partial charge in [-0.05, 0) is 19.1 Å². The van der Waals surface area contributed by atoms with Crippen LogP contribution in [0.15, 0.2) is 23.5 Å². The molecule has 0 unspecified atom stereocenters. The highest BCUT2D eigenvalue weighted by molar-refractivity contribution is 6.36. The predicted octanol–water partition coefficient (Wildman–Crippen LogP) is 0.412. The normalized spacial score (nSPS) is 11.1. The zero-order chi connectivity index (χ0) is 11.1. The first kappa shape index (κ1) is 11.1. The van der Waals surface area contributed by atoms with Crippen molar-refractivity contribution >= 4 is 11.7 Å². The van der Waals surface area contributed by atoms with Crippen LogP contribution in [0.25, 0.3) is 0 Å². The van der Waals surface area contributed by atoms with Gasteiger partial charge in [0, 0.05) is 12.6 Å². The van der Waals surface area contributed by atoms with E-state index in [1.807, 2.05) is 0 Å². The Morgan fingerprint density at radius 1 is 1.67 bits per heavy atom. The van der Waals surface area contributed by atoms with Crippen molar-refractivity contribution < 1.29 is 14.7 Å². The van der Waals surface area contributed by atoms with E-state index >= 15 is 0 Å². The minimum atomic E-state index is -0.648. The fraction of sp³-hybridized carbons (Fsp3) is 0.333. The monoisotopic (exact) mass is 209 g/mol. The zero-order valence-corrected chi connectivity index (χ0v) is 8.25. The van der Waals surface area contributed by atoms with Gasteiger partial charge in [-0.3, -0.25) is 0 Å². The van der Waals surface area contributed by atoms with Crippen LogP contribution in [0.5, 0.6) is 0 Å². The van der Waals surface area contributed by atoms with Crippen LogP contribution >= 0.6 is 0 Å². The molecule has 1 aromatic rings. The second-order valence-corrected chi connectivity index (χ2v) is 2.66. The summed E-state index contributed by atoms with van der Waals surface area (Å²) in [5.41, 5.74) is 0.454. The lowest BCUT2D eigenvalue weighted by Crippen LogP contribution is -2.20. The molecule has 0 atom stereocenters. The molecule has 1 aromatic heterocycles. The van der Waals surface area contributed by atoms with Crippen LogP contribution in [0.1, 0.15) is 12.6 Å². The minimum Gasteiger partial charge on any atom is -0.461 e. The maximum Gasteiger partial charge on any atom is 0.356 e. The third kappa shape index (κ3) is 3.34. The van der Waals surface area contributed by atoms with Gasteiger partial charge in [-0.1, -0.05) is 5.16 Å². The standard InChI is InChI=1S/C9H11N3O3/c1-2-15-9(13)8(12-14)6-7-4-3-5-10-11-7/h3-5,14H,2,6H2,1H3. The van der Waals surface area contributed by atoms with Crippen LogP contribution in [0, 0.1) is 0 Å². The van der Waals surface area contributed by atoms with Crippen molar-refractivity contribution in [3.63, 3.8) is 0 Å². The van der Waals surface area contributed by atoms with Gasteiger partial charge < -0.3 is 9.94 Å². The molecule has 15 heavy (non-hydrogen) atoms. The Morgan fingerprint density at radius 2 is 2.47 bits per heavy atom. The lowest BCUT2D eigenvalue weighted by molar-refractivity contribution is -0.135. The molecule has 0 aliphatic heterocycles. The lowest BCUT2D eigenvalue weighted by Gasteiger charge is -2.02. The molecular weight excluding hydrogens is 198 g/mol. The fourth-order valence-electron chi connectivity index (χ4n) is 0.962. The number of carbonyl (C=O) groups is 1. The van der Waals surface area contributed by atoms with Crippen LogP contribution < -0.4 is 0 Å². The van der Waals surface area contributed by atoms with Crippen molar-refractivity contribution in [1.82, 2.24) is 10.2 Å². The van der Waals surface area contributed by atoms with Gasteiger partial charge in [0.1, 0.15) is 0 Å². The minimum absolute atomic E-state index is 0.0858. The highest BCUT2D eigenvalue weighted by atomic mass is 16.5. The number of hydrogen-bond acceptors (Lipinski definition) is 6. The molecule has 0 radical (unpaired) electrons. The molecule has 0 spiro atoms. The van der Waals surface area contributed by atoms with E-state index in [2.05, 4.69) is 20.1 Å². The third-order valence-electron chi connectivity index (χ3n) is 1.61. The number of carbonyl (C=O) groups excluding carboxylic acids is 1. The highest BCUT2D eigenvalue weighted by Gasteiger charge is 2.14. The van der Waals surface area contributed by atoms with Crippen LogP contribution in [0.3, 0.4) is 0 Å². The smallest absolute Gasteiger partial charge is 0.356 e. The Labute approximate surface area is 86.6 Å². The van der Waals surface area contributed by atoms with E-state index in [0.717, 1.165) is 0 Å². The Bertz CT molecular complexity index is 351. The van der Waals surface area contributed by atoms with E-state index in [9.17, 15) is 4.79 Å². The molecule has 0 amide bonds. The summed E-state index contributed by atoms with van der Waals surface area (Å²) in [6.45, 7) is 1.91. The van der Waals surface area contributed by atoms with Gasteiger partial charge >= 0.3 is 5.97 Å². The quantitative estimate of drug-likeness (QED) is 0.336. The first-order valence-corrected chi connectivity index (χ1v) is 4.42. The lowest BCUT2D eigenvalue weighted by atomic mass is 10.2. The number of oxime groups is 1. The van der Waals surface area contributed by atoms with Crippen LogP contribution in [-0.4, -0.2) is 33.7 Å². The Morgan fingerprint density at radius 3 is 3.00 bits per heavy atom. The molecule has 6 heteroatoms. The molecule has 0 fully saturated rings. The molecule has 1 N–H and O–H groups in total. The second-order valence-electron chi connectivity index (χ2n) is 2.66. The molecule has 0 aliphatic carbocycles. The van der Waals surface area contributed by atoms with Gasteiger partial charge in [-0.2, -0.15) is 10.2 Å². The summed E-state index contributed by atoms with van der Waals surface area (Å²) in [7, 11) is 0. The van der Waals surface area contributed by atoms with Crippen LogP contribution in [0.2, 0.25) is 0 Å². The van der Waals surface area contributed by atoms with Gasteiger partial charge in [0.15, 0.2) is 5.71 Å².